The van der Waals surface area contributed by atoms with Crippen molar-refractivity contribution in [2.45, 2.75) is 6.54 Å². The number of benzene rings is 1. The van der Waals surface area contributed by atoms with Crippen LogP contribution in [-0.2, 0) is 6.54 Å². The molecule has 1 aromatic heterocycles. The molecule has 17 heavy (non-hydrogen) atoms. The number of aromatic nitrogens is 2. The lowest BCUT2D eigenvalue weighted by atomic mass is 10.1. The van der Waals surface area contributed by atoms with E-state index in [4.69, 9.17) is 5.73 Å². The predicted molar refractivity (Wildman–Crippen MR) is 61.6 cm³/mol. The second-order valence-corrected chi connectivity index (χ2v) is 3.80. The Hall–Kier alpha value is -2.50. The van der Waals surface area contributed by atoms with Crippen molar-refractivity contribution in [3.63, 3.8) is 0 Å². The van der Waals surface area contributed by atoms with Gasteiger partial charge in [-0.2, -0.15) is 5.10 Å². The van der Waals surface area contributed by atoms with E-state index in [2.05, 4.69) is 10.2 Å². The molecule has 6 heteroatoms. The van der Waals surface area contributed by atoms with E-state index in [1.807, 2.05) is 0 Å². The highest BCUT2D eigenvalue weighted by Gasteiger charge is 2.25. The molecule has 1 aromatic carbocycles. The van der Waals surface area contributed by atoms with Gasteiger partial charge < -0.3 is 5.73 Å². The lowest BCUT2D eigenvalue weighted by Gasteiger charge is -2.13. The first-order chi connectivity index (χ1) is 8.18. The molecule has 0 atom stereocenters. The predicted octanol–water partition coefficient (Wildman–Crippen LogP) is 0.389. The third-order valence-corrected chi connectivity index (χ3v) is 2.84. The zero-order valence-corrected chi connectivity index (χ0v) is 8.75. The minimum atomic E-state index is -0.545. The second-order valence-electron chi connectivity index (χ2n) is 3.80. The normalized spacial score (nSPS) is 13.1. The maximum atomic E-state index is 11.7. The Bertz CT molecular complexity index is 699. The van der Waals surface area contributed by atoms with Gasteiger partial charge in [-0.3, -0.25) is 9.69 Å². The van der Waals surface area contributed by atoms with E-state index in [-0.39, 0.29) is 0 Å². The number of urea groups is 1. The number of hydrogen-bond acceptors (Lipinski definition) is 4. The Balaban J connectivity index is 2.48. The molecule has 0 aliphatic carbocycles. The van der Waals surface area contributed by atoms with Crippen molar-refractivity contribution in [3.8, 4) is 0 Å². The van der Waals surface area contributed by atoms with Gasteiger partial charge in [-0.25, -0.2) is 4.79 Å². The summed E-state index contributed by atoms with van der Waals surface area (Å²) in [7, 11) is 0. The molecule has 0 spiro atoms. The Morgan fingerprint density at radius 3 is 3.00 bits per heavy atom. The van der Waals surface area contributed by atoms with Crippen LogP contribution in [0.1, 0.15) is 5.56 Å². The Labute approximate surface area is 95.7 Å². The number of hydrogen-bond donors (Lipinski definition) is 1. The number of primary amides is 1. The first-order valence-corrected chi connectivity index (χ1v) is 5.03. The van der Waals surface area contributed by atoms with Crippen LogP contribution < -0.4 is 16.2 Å². The third kappa shape index (κ3) is 1.27. The molecule has 0 fully saturated rings. The Morgan fingerprint density at radius 1 is 1.41 bits per heavy atom. The molecule has 2 amide bonds. The van der Waals surface area contributed by atoms with Gasteiger partial charge in [0.1, 0.15) is 0 Å². The van der Waals surface area contributed by atoms with E-state index in [0.717, 1.165) is 5.56 Å². The molecule has 2 heterocycles. The molecule has 3 rings (SSSR count). The monoisotopic (exact) mass is 228 g/mol. The van der Waals surface area contributed by atoms with Crippen LogP contribution in [0.2, 0.25) is 0 Å². The van der Waals surface area contributed by atoms with Crippen LogP contribution in [0.3, 0.4) is 0 Å². The highest BCUT2D eigenvalue weighted by molar-refractivity contribution is 6.06. The summed E-state index contributed by atoms with van der Waals surface area (Å²) in [5.74, 6) is 0. The van der Waals surface area contributed by atoms with E-state index in [9.17, 15) is 9.59 Å². The first-order valence-electron chi connectivity index (χ1n) is 5.03. The van der Waals surface area contributed by atoms with Crippen LogP contribution >= 0.6 is 0 Å². The summed E-state index contributed by atoms with van der Waals surface area (Å²) in [6.07, 6.45) is 1.50. The molecule has 0 unspecified atom stereocenters. The lowest BCUT2D eigenvalue weighted by Crippen LogP contribution is -2.32. The molecular formula is C11H8N4O2. The molecule has 2 aromatic rings. The fraction of sp³-hybridized carbons (Fsp3) is 0.0909. The zero-order chi connectivity index (χ0) is 12.0. The van der Waals surface area contributed by atoms with Crippen LogP contribution in [0.4, 0.5) is 10.5 Å². The molecule has 84 valence electrons. The fourth-order valence-electron chi connectivity index (χ4n) is 2.12. The van der Waals surface area contributed by atoms with Crippen molar-refractivity contribution in [2.75, 3.05) is 4.90 Å². The minimum Gasteiger partial charge on any atom is -0.351 e. The van der Waals surface area contributed by atoms with E-state index in [1.165, 1.54) is 11.1 Å². The van der Waals surface area contributed by atoms with Gasteiger partial charge >= 0.3 is 6.03 Å². The van der Waals surface area contributed by atoms with Crippen molar-refractivity contribution in [2.24, 2.45) is 5.73 Å². The van der Waals surface area contributed by atoms with Crippen molar-refractivity contribution < 1.29 is 4.79 Å². The summed E-state index contributed by atoms with van der Waals surface area (Å²) in [6, 6.07) is 4.58. The summed E-state index contributed by atoms with van der Waals surface area (Å²) in [5.41, 5.74) is 6.31. The van der Waals surface area contributed by atoms with Crippen molar-refractivity contribution in [1.82, 2.24) is 10.2 Å². The summed E-state index contributed by atoms with van der Waals surface area (Å²) in [6.45, 7) is 0.327. The van der Waals surface area contributed by atoms with Gasteiger partial charge in [-0.05, 0) is 12.1 Å². The van der Waals surface area contributed by atoms with Crippen molar-refractivity contribution in [1.29, 1.82) is 0 Å². The first kappa shape index (κ1) is 9.71. The summed E-state index contributed by atoms with van der Waals surface area (Å²) >= 11 is 0. The van der Waals surface area contributed by atoms with E-state index < -0.39 is 11.6 Å². The average Bonchev–Trinajstić information content (AvgIpc) is 2.60. The van der Waals surface area contributed by atoms with Crippen molar-refractivity contribution >= 4 is 22.5 Å². The third-order valence-electron chi connectivity index (χ3n) is 2.84. The maximum Gasteiger partial charge on any atom is 0.319 e. The molecule has 6 nitrogen and oxygen atoms in total. The average molecular weight is 228 g/mol. The number of carbonyl (C=O) groups is 1. The standard InChI is InChI=1S/C11H8N4O2/c12-11(17)15-5-6-4-13-14-10(16)7-2-1-3-8(15)9(6)7/h1-4H,5H2,(H2,12,17). The SMILES string of the molecule is NC(=O)N1Cc2cnnc(=O)c3cccc1c23. The number of nitrogens with two attached hydrogens (primary N) is 1. The van der Waals surface area contributed by atoms with Gasteiger partial charge in [0.05, 0.1) is 23.8 Å². The molecule has 0 saturated carbocycles. The molecule has 0 saturated heterocycles. The molecule has 0 radical (unpaired) electrons. The number of anilines is 1. The Morgan fingerprint density at radius 2 is 2.24 bits per heavy atom. The van der Waals surface area contributed by atoms with Gasteiger partial charge in [0.25, 0.3) is 5.56 Å². The van der Waals surface area contributed by atoms with Crippen LogP contribution in [0.25, 0.3) is 10.8 Å². The molecule has 2 N–H and O–H groups in total. The van der Waals surface area contributed by atoms with E-state index in [1.54, 1.807) is 18.2 Å². The smallest absolute Gasteiger partial charge is 0.319 e. The highest BCUT2D eigenvalue weighted by Crippen LogP contribution is 2.34. The number of nitrogens with zero attached hydrogens (tertiary/aromatic N) is 3. The zero-order valence-electron chi connectivity index (χ0n) is 8.75. The maximum absolute atomic E-state index is 11.7. The lowest BCUT2D eigenvalue weighted by molar-refractivity contribution is 0.254. The van der Waals surface area contributed by atoms with Crippen LogP contribution in [0.5, 0.6) is 0 Å². The molecule has 1 aliphatic heterocycles. The van der Waals surface area contributed by atoms with Gasteiger partial charge in [-0.15, -0.1) is 5.10 Å². The minimum absolute atomic E-state index is 0.327. The molecule has 0 bridgehead atoms. The fourth-order valence-corrected chi connectivity index (χ4v) is 2.12. The second kappa shape index (κ2) is 3.24. The van der Waals surface area contributed by atoms with Gasteiger partial charge in [0.2, 0.25) is 0 Å². The van der Waals surface area contributed by atoms with Gasteiger partial charge in [0.15, 0.2) is 0 Å². The van der Waals surface area contributed by atoms with Crippen LogP contribution in [0.15, 0.2) is 29.2 Å². The van der Waals surface area contributed by atoms with Crippen LogP contribution in [0, 0.1) is 0 Å². The van der Waals surface area contributed by atoms with Crippen LogP contribution in [-0.4, -0.2) is 16.2 Å². The van der Waals surface area contributed by atoms with Crippen molar-refractivity contribution in [3.05, 3.63) is 40.3 Å². The largest absolute Gasteiger partial charge is 0.351 e. The summed E-state index contributed by atoms with van der Waals surface area (Å²) < 4.78 is 0. The quantitative estimate of drug-likeness (QED) is 0.706. The highest BCUT2D eigenvalue weighted by atomic mass is 16.2. The number of rotatable bonds is 0. The topological polar surface area (TPSA) is 89.2 Å². The summed E-state index contributed by atoms with van der Waals surface area (Å²) in [4.78, 5) is 24.4. The van der Waals surface area contributed by atoms with E-state index in [0.29, 0.717) is 23.0 Å². The number of carbonyl (C=O) groups excluding carboxylic acids is 1. The van der Waals surface area contributed by atoms with E-state index >= 15 is 0 Å². The molecule has 1 aliphatic rings. The Kier molecular flexibility index (Phi) is 1.85. The van der Waals surface area contributed by atoms with Gasteiger partial charge in [0, 0.05) is 10.9 Å². The number of amides is 2. The molecular weight excluding hydrogens is 220 g/mol. The van der Waals surface area contributed by atoms with Gasteiger partial charge in [-0.1, -0.05) is 6.07 Å². The summed E-state index contributed by atoms with van der Waals surface area (Å²) in [5, 5.41) is 8.38.